The summed E-state index contributed by atoms with van der Waals surface area (Å²) >= 11 is 0. The first-order valence-electron chi connectivity index (χ1n) is 5.79. The van der Waals surface area contributed by atoms with E-state index < -0.39 is 5.91 Å². The van der Waals surface area contributed by atoms with Gasteiger partial charge in [-0.1, -0.05) is 12.1 Å². The molecule has 0 aromatic heterocycles. The molecule has 3 amide bonds. The highest BCUT2D eigenvalue weighted by atomic mass is 16.2. The first-order chi connectivity index (χ1) is 8.60. The van der Waals surface area contributed by atoms with Crippen molar-refractivity contribution in [3.63, 3.8) is 0 Å². The summed E-state index contributed by atoms with van der Waals surface area (Å²) in [5.74, 6) is -0.436. The summed E-state index contributed by atoms with van der Waals surface area (Å²) in [6.45, 7) is 4.87. The third-order valence-electron chi connectivity index (χ3n) is 2.54. The van der Waals surface area contributed by atoms with Crippen LogP contribution in [0, 0.1) is 0 Å². The van der Waals surface area contributed by atoms with E-state index in [-0.39, 0.29) is 6.03 Å². The molecule has 6 nitrogen and oxygen atoms in total. The number of para-hydroxylation sites is 1. The molecule has 1 rings (SSSR count). The number of hydrogen-bond donors (Lipinski definition) is 3. The Morgan fingerprint density at radius 2 is 1.78 bits per heavy atom. The van der Waals surface area contributed by atoms with Gasteiger partial charge in [0.15, 0.2) is 0 Å². The lowest BCUT2D eigenvalue weighted by atomic mass is 10.2. The van der Waals surface area contributed by atoms with Crippen molar-refractivity contribution in [3.8, 4) is 0 Å². The number of hydrazine groups is 1. The lowest BCUT2D eigenvalue weighted by Gasteiger charge is -2.19. The van der Waals surface area contributed by atoms with Crippen LogP contribution in [0.1, 0.15) is 24.2 Å². The maximum Gasteiger partial charge on any atom is 0.336 e. The summed E-state index contributed by atoms with van der Waals surface area (Å²) in [6.07, 6.45) is 0. The molecular formula is C12H18N4O2. The van der Waals surface area contributed by atoms with Crippen LogP contribution in [-0.4, -0.2) is 29.9 Å². The molecule has 98 valence electrons. The van der Waals surface area contributed by atoms with E-state index >= 15 is 0 Å². The van der Waals surface area contributed by atoms with Gasteiger partial charge in [0.2, 0.25) is 0 Å². The molecule has 0 radical (unpaired) electrons. The quantitative estimate of drug-likeness (QED) is 0.551. The molecule has 6 heteroatoms. The second-order valence-corrected chi connectivity index (χ2v) is 3.64. The summed E-state index contributed by atoms with van der Waals surface area (Å²) in [5, 5.41) is 0. The Bertz CT molecular complexity index is 430. The predicted octanol–water partition coefficient (Wildman–Crippen LogP) is 0.965. The Hall–Kier alpha value is -2.24. The molecule has 18 heavy (non-hydrogen) atoms. The summed E-state index contributed by atoms with van der Waals surface area (Å²) in [7, 11) is 0. The van der Waals surface area contributed by atoms with Crippen molar-refractivity contribution < 1.29 is 9.59 Å². The molecule has 0 spiro atoms. The topological polar surface area (TPSA) is 87.5 Å². The van der Waals surface area contributed by atoms with Gasteiger partial charge < -0.3 is 10.6 Å². The molecule has 0 aliphatic carbocycles. The zero-order chi connectivity index (χ0) is 13.5. The fourth-order valence-corrected chi connectivity index (χ4v) is 1.47. The van der Waals surface area contributed by atoms with Crippen molar-refractivity contribution in [2.24, 2.45) is 0 Å². The number of anilines is 1. The first kappa shape index (κ1) is 13.8. The minimum atomic E-state index is -0.436. The maximum absolute atomic E-state index is 11.7. The van der Waals surface area contributed by atoms with Crippen LogP contribution in [0.25, 0.3) is 0 Å². The number of benzene rings is 1. The van der Waals surface area contributed by atoms with Crippen LogP contribution in [0.3, 0.4) is 0 Å². The Kier molecular flexibility index (Phi) is 4.98. The Morgan fingerprint density at radius 3 is 2.33 bits per heavy atom. The Labute approximate surface area is 106 Å². The smallest absolute Gasteiger partial charge is 0.336 e. The van der Waals surface area contributed by atoms with Gasteiger partial charge in [-0.25, -0.2) is 10.2 Å². The van der Waals surface area contributed by atoms with E-state index in [0.29, 0.717) is 24.3 Å². The molecule has 1 aromatic carbocycles. The molecule has 0 unspecified atom stereocenters. The zero-order valence-corrected chi connectivity index (χ0v) is 10.6. The molecule has 1 aromatic rings. The van der Waals surface area contributed by atoms with Crippen LogP contribution in [0.5, 0.6) is 0 Å². The molecular weight excluding hydrogens is 232 g/mol. The minimum absolute atomic E-state index is 0.331. The number of urea groups is 1. The van der Waals surface area contributed by atoms with Crippen molar-refractivity contribution in [1.82, 2.24) is 15.8 Å². The van der Waals surface area contributed by atoms with E-state index in [9.17, 15) is 9.59 Å². The number of rotatable bonds is 3. The van der Waals surface area contributed by atoms with Gasteiger partial charge in [-0.2, -0.15) is 0 Å². The minimum Gasteiger partial charge on any atom is -0.398 e. The first-order valence-corrected chi connectivity index (χ1v) is 5.79. The normalized spacial score (nSPS) is 9.67. The van der Waals surface area contributed by atoms with Gasteiger partial charge in [-0.05, 0) is 26.0 Å². The lowest BCUT2D eigenvalue weighted by molar-refractivity contribution is 0.0931. The third kappa shape index (κ3) is 3.38. The molecule has 0 fully saturated rings. The van der Waals surface area contributed by atoms with Gasteiger partial charge >= 0.3 is 6.03 Å². The number of amides is 3. The SMILES string of the molecule is CCN(CC)C(=O)NNC(=O)c1ccccc1N. The van der Waals surface area contributed by atoms with E-state index in [1.54, 1.807) is 29.2 Å². The highest BCUT2D eigenvalue weighted by Crippen LogP contribution is 2.09. The number of nitrogens with one attached hydrogen (secondary N) is 2. The number of carbonyl (C=O) groups is 2. The summed E-state index contributed by atoms with van der Waals surface area (Å²) in [4.78, 5) is 24.9. The molecule has 0 saturated heterocycles. The van der Waals surface area contributed by atoms with Crippen LogP contribution < -0.4 is 16.6 Å². The van der Waals surface area contributed by atoms with Crippen molar-refractivity contribution in [3.05, 3.63) is 29.8 Å². The molecule has 0 atom stereocenters. The van der Waals surface area contributed by atoms with Crippen molar-refractivity contribution in [1.29, 1.82) is 0 Å². The van der Waals surface area contributed by atoms with Gasteiger partial charge in [-0.15, -0.1) is 0 Å². The van der Waals surface area contributed by atoms with E-state index in [1.807, 2.05) is 13.8 Å². The average Bonchev–Trinajstić information content (AvgIpc) is 2.38. The fraction of sp³-hybridized carbons (Fsp3) is 0.333. The van der Waals surface area contributed by atoms with Crippen molar-refractivity contribution in [2.45, 2.75) is 13.8 Å². The van der Waals surface area contributed by atoms with Gasteiger partial charge in [0.05, 0.1) is 5.56 Å². The Balaban J connectivity index is 2.57. The van der Waals surface area contributed by atoms with E-state index in [0.717, 1.165) is 0 Å². The number of nitrogens with zero attached hydrogens (tertiary/aromatic N) is 1. The van der Waals surface area contributed by atoms with Crippen LogP contribution in [0.4, 0.5) is 10.5 Å². The maximum atomic E-state index is 11.7. The molecule has 0 saturated carbocycles. The molecule has 0 heterocycles. The van der Waals surface area contributed by atoms with Crippen LogP contribution in [-0.2, 0) is 0 Å². The largest absolute Gasteiger partial charge is 0.398 e. The predicted molar refractivity (Wildman–Crippen MR) is 69.8 cm³/mol. The third-order valence-corrected chi connectivity index (χ3v) is 2.54. The van der Waals surface area contributed by atoms with Gasteiger partial charge in [0, 0.05) is 18.8 Å². The van der Waals surface area contributed by atoms with Crippen LogP contribution >= 0.6 is 0 Å². The summed E-state index contributed by atoms with van der Waals surface area (Å²) in [5.41, 5.74) is 11.0. The highest BCUT2D eigenvalue weighted by Gasteiger charge is 2.12. The van der Waals surface area contributed by atoms with E-state index in [1.165, 1.54) is 0 Å². The average molecular weight is 250 g/mol. The second-order valence-electron chi connectivity index (χ2n) is 3.64. The standard InChI is InChI=1S/C12H18N4O2/c1-3-16(4-2)12(18)15-14-11(17)9-7-5-6-8-10(9)13/h5-8H,3-4,13H2,1-2H3,(H,14,17)(H,15,18). The number of nitrogens with two attached hydrogens (primary N) is 1. The van der Waals surface area contributed by atoms with Crippen molar-refractivity contribution >= 4 is 17.6 Å². The molecule has 0 bridgehead atoms. The number of carbonyl (C=O) groups excluding carboxylic acids is 2. The zero-order valence-electron chi connectivity index (χ0n) is 10.6. The number of hydrogen-bond acceptors (Lipinski definition) is 3. The van der Waals surface area contributed by atoms with Crippen LogP contribution in [0.2, 0.25) is 0 Å². The monoisotopic (exact) mass is 250 g/mol. The van der Waals surface area contributed by atoms with E-state index in [2.05, 4.69) is 10.9 Å². The second kappa shape index (κ2) is 6.48. The highest BCUT2D eigenvalue weighted by molar-refractivity contribution is 5.99. The van der Waals surface area contributed by atoms with E-state index in [4.69, 9.17) is 5.73 Å². The van der Waals surface area contributed by atoms with Gasteiger partial charge in [0.25, 0.3) is 5.91 Å². The molecule has 0 aliphatic heterocycles. The Morgan fingerprint density at radius 1 is 1.17 bits per heavy atom. The van der Waals surface area contributed by atoms with Crippen molar-refractivity contribution in [2.75, 3.05) is 18.8 Å². The summed E-state index contributed by atoms with van der Waals surface area (Å²) in [6, 6.07) is 6.32. The molecule has 4 N–H and O–H groups in total. The lowest BCUT2D eigenvalue weighted by Crippen LogP contribution is -2.48. The fourth-order valence-electron chi connectivity index (χ4n) is 1.47. The van der Waals surface area contributed by atoms with Gasteiger partial charge in [0.1, 0.15) is 0 Å². The van der Waals surface area contributed by atoms with Crippen LogP contribution in [0.15, 0.2) is 24.3 Å². The summed E-state index contributed by atoms with van der Waals surface area (Å²) < 4.78 is 0. The number of nitrogen functional groups attached to an aromatic ring is 1. The molecule has 0 aliphatic rings. The van der Waals surface area contributed by atoms with Gasteiger partial charge in [-0.3, -0.25) is 10.2 Å².